The van der Waals surface area contributed by atoms with E-state index in [1.807, 2.05) is 52.7 Å². The second-order valence-corrected chi connectivity index (χ2v) is 8.49. The number of likely N-dealkylation sites (tertiary alicyclic amines) is 1. The van der Waals surface area contributed by atoms with Gasteiger partial charge in [-0.3, -0.25) is 9.36 Å². The van der Waals surface area contributed by atoms with Gasteiger partial charge in [0.1, 0.15) is 5.82 Å². The van der Waals surface area contributed by atoms with Gasteiger partial charge in [0.25, 0.3) is 5.91 Å². The molecule has 0 N–H and O–H groups in total. The van der Waals surface area contributed by atoms with Crippen molar-refractivity contribution in [3.8, 4) is 0 Å². The normalized spacial score (nSPS) is 19.2. The Morgan fingerprint density at radius 3 is 2.57 bits per heavy atom. The Morgan fingerprint density at radius 2 is 1.93 bits per heavy atom. The van der Waals surface area contributed by atoms with Gasteiger partial charge in [0.05, 0.1) is 13.2 Å². The lowest BCUT2D eigenvalue weighted by atomic mass is 9.96. The average Bonchev–Trinajstić information content (AvgIpc) is 3.55. The first-order valence-corrected chi connectivity index (χ1v) is 10.7. The molecule has 1 amide bonds. The minimum atomic E-state index is -0.0488. The topological polar surface area (TPSA) is 72.6 Å². The van der Waals surface area contributed by atoms with Crippen molar-refractivity contribution in [2.45, 2.75) is 44.2 Å². The predicted molar refractivity (Wildman–Crippen MR) is 115 cm³/mol. The molecule has 1 aromatic heterocycles. The standard InChI is InChI=1S/C22H31N5O3/c1-24(2)18-8-6-16(7-9-18)21(28)25-12-4-5-17(15-25)20-23-26(13-14-30-3)22(29)27(20)19-10-11-19/h6-9,17,19H,4-5,10-15H2,1-3H3. The Balaban J connectivity index is 1.54. The molecule has 8 nitrogen and oxygen atoms in total. The van der Waals surface area contributed by atoms with Crippen molar-refractivity contribution in [1.82, 2.24) is 19.2 Å². The van der Waals surface area contributed by atoms with Crippen molar-refractivity contribution < 1.29 is 9.53 Å². The number of methoxy groups -OCH3 is 1. The van der Waals surface area contributed by atoms with Crippen molar-refractivity contribution in [2.24, 2.45) is 0 Å². The van der Waals surface area contributed by atoms with E-state index in [4.69, 9.17) is 4.74 Å². The molecule has 4 rings (SSSR count). The van der Waals surface area contributed by atoms with Crippen molar-refractivity contribution in [2.75, 3.05) is 45.8 Å². The molecule has 2 aliphatic rings. The Kier molecular flexibility index (Phi) is 5.94. The summed E-state index contributed by atoms with van der Waals surface area (Å²) in [5.74, 6) is 0.962. The van der Waals surface area contributed by atoms with Crippen LogP contribution in [0.4, 0.5) is 5.69 Å². The van der Waals surface area contributed by atoms with Gasteiger partial charge >= 0.3 is 5.69 Å². The SMILES string of the molecule is COCCn1nc(C2CCCN(C(=O)c3ccc(N(C)C)cc3)C2)n(C2CC2)c1=O. The number of rotatable bonds is 7. The molecule has 1 atom stereocenters. The van der Waals surface area contributed by atoms with Crippen LogP contribution in [0, 0.1) is 0 Å². The van der Waals surface area contributed by atoms with E-state index in [2.05, 4.69) is 5.10 Å². The van der Waals surface area contributed by atoms with Crippen LogP contribution in [-0.2, 0) is 11.3 Å². The highest BCUT2D eigenvalue weighted by atomic mass is 16.5. The first-order valence-electron chi connectivity index (χ1n) is 10.7. The van der Waals surface area contributed by atoms with Crippen LogP contribution in [0.3, 0.4) is 0 Å². The number of amides is 1. The molecule has 30 heavy (non-hydrogen) atoms. The second-order valence-electron chi connectivity index (χ2n) is 8.49. The number of hydrogen-bond donors (Lipinski definition) is 0. The third kappa shape index (κ3) is 4.14. The number of anilines is 1. The van der Waals surface area contributed by atoms with Crippen LogP contribution in [0.25, 0.3) is 0 Å². The fourth-order valence-electron chi connectivity index (χ4n) is 4.17. The summed E-state index contributed by atoms with van der Waals surface area (Å²) in [5.41, 5.74) is 1.72. The molecule has 2 fully saturated rings. The molecule has 1 saturated carbocycles. The highest BCUT2D eigenvalue weighted by Gasteiger charge is 2.35. The van der Waals surface area contributed by atoms with Crippen molar-refractivity contribution in [3.63, 3.8) is 0 Å². The summed E-state index contributed by atoms with van der Waals surface area (Å²) >= 11 is 0. The summed E-state index contributed by atoms with van der Waals surface area (Å²) in [6, 6.07) is 7.98. The summed E-state index contributed by atoms with van der Waals surface area (Å²) in [7, 11) is 5.59. The Labute approximate surface area is 177 Å². The second kappa shape index (κ2) is 8.63. The highest BCUT2D eigenvalue weighted by molar-refractivity contribution is 5.94. The number of carbonyl (C=O) groups excluding carboxylic acids is 1. The van der Waals surface area contributed by atoms with Gasteiger partial charge in [-0.15, -0.1) is 0 Å². The van der Waals surface area contributed by atoms with Crippen LogP contribution >= 0.6 is 0 Å². The Bertz CT molecular complexity index is 943. The Morgan fingerprint density at radius 1 is 1.20 bits per heavy atom. The molecular weight excluding hydrogens is 382 g/mol. The number of nitrogens with zero attached hydrogens (tertiary/aromatic N) is 5. The zero-order valence-electron chi connectivity index (χ0n) is 18.1. The summed E-state index contributed by atoms with van der Waals surface area (Å²) in [6.45, 7) is 2.25. The van der Waals surface area contributed by atoms with Gasteiger partial charge in [-0.05, 0) is 49.9 Å². The molecule has 2 heterocycles. The molecule has 0 radical (unpaired) electrons. The van der Waals surface area contributed by atoms with Crippen molar-refractivity contribution in [1.29, 1.82) is 0 Å². The van der Waals surface area contributed by atoms with E-state index in [9.17, 15) is 9.59 Å². The van der Waals surface area contributed by atoms with Crippen molar-refractivity contribution >= 4 is 11.6 Å². The molecule has 2 aromatic rings. The minimum Gasteiger partial charge on any atom is -0.383 e. The van der Waals surface area contributed by atoms with E-state index in [0.29, 0.717) is 25.3 Å². The van der Waals surface area contributed by atoms with Crippen LogP contribution in [0.15, 0.2) is 29.1 Å². The predicted octanol–water partition coefficient (Wildman–Crippen LogP) is 2.11. The quantitative estimate of drug-likeness (QED) is 0.695. The van der Waals surface area contributed by atoms with Crippen LogP contribution < -0.4 is 10.6 Å². The minimum absolute atomic E-state index is 0.0455. The van der Waals surface area contributed by atoms with Gasteiger partial charge in [-0.2, -0.15) is 5.10 Å². The smallest absolute Gasteiger partial charge is 0.346 e. The van der Waals surface area contributed by atoms with Gasteiger partial charge in [-0.25, -0.2) is 9.48 Å². The molecular formula is C22H31N5O3. The van der Waals surface area contributed by atoms with Gasteiger partial charge in [0.2, 0.25) is 0 Å². The third-order valence-corrected chi connectivity index (χ3v) is 6.02. The van der Waals surface area contributed by atoms with E-state index in [-0.39, 0.29) is 23.6 Å². The summed E-state index contributed by atoms with van der Waals surface area (Å²) in [5, 5.41) is 4.67. The number of ether oxygens (including phenoxy) is 1. The van der Waals surface area contributed by atoms with E-state index < -0.39 is 0 Å². The van der Waals surface area contributed by atoms with Crippen LogP contribution in [0.2, 0.25) is 0 Å². The van der Waals surface area contributed by atoms with Gasteiger partial charge in [0.15, 0.2) is 0 Å². The molecule has 8 heteroatoms. The molecule has 1 unspecified atom stereocenters. The maximum Gasteiger partial charge on any atom is 0.346 e. The third-order valence-electron chi connectivity index (χ3n) is 6.02. The summed E-state index contributed by atoms with van der Waals surface area (Å²) in [4.78, 5) is 29.9. The van der Waals surface area contributed by atoms with Gasteiger partial charge < -0.3 is 14.5 Å². The number of benzene rings is 1. The zero-order valence-corrected chi connectivity index (χ0v) is 18.1. The number of piperidine rings is 1. The molecule has 1 aliphatic heterocycles. The highest BCUT2D eigenvalue weighted by Crippen LogP contribution is 2.37. The Hall–Kier alpha value is -2.61. The fraction of sp³-hybridized carbons (Fsp3) is 0.591. The van der Waals surface area contributed by atoms with Crippen molar-refractivity contribution in [3.05, 3.63) is 46.1 Å². The molecule has 0 bridgehead atoms. The molecule has 1 aromatic carbocycles. The first kappa shape index (κ1) is 20.7. The van der Waals surface area contributed by atoms with Gasteiger partial charge in [-0.1, -0.05) is 0 Å². The average molecular weight is 414 g/mol. The summed E-state index contributed by atoms with van der Waals surface area (Å²) in [6.07, 6.45) is 3.90. The number of hydrogen-bond acceptors (Lipinski definition) is 5. The number of aromatic nitrogens is 3. The van der Waals surface area contributed by atoms with E-state index >= 15 is 0 Å². The monoisotopic (exact) mass is 413 g/mol. The molecule has 1 saturated heterocycles. The lowest BCUT2D eigenvalue weighted by Gasteiger charge is -2.32. The fourth-order valence-corrected chi connectivity index (χ4v) is 4.17. The summed E-state index contributed by atoms with van der Waals surface area (Å²) < 4.78 is 8.53. The molecule has 0 spiro atoms. The van der Waals surface area contributed by atoms with Crippen LogP contribution in [0.5, 0.6) is 0 Å². The van der Waals surface area contributed by atoms with E-state index in [1.54, 1.807) is 7.11 Å². The van der Waals surface area contributed by atoms with Crippen LogP contribution in [-0.4, -0.2) is 66.1 Å². The maximum absolute atomic E-state index is 13.1. The lowest BCUT2D eigenvalue weighted by Crippen LogP contribution is -2.40. The zero-order chi connectivity index (χ0) is 21.3. The molecule has 1 aliphatic carbocycles. The lowest BCUT2D eigenvalue weighted by molar-refractivity contribution is 0.0703. The van der Waals surface area contributed by atoms with E-state index in [1.165, 1.54) is 4.68 Å². The first-order chi connectivity index (χ1) is 14.5. The number of carbonyl (C=O) groups is 1. The van der Waals surface area contributed by atoms with E-state index in [0.717, 1.165) is 43.7 Å². The maximum atomic E-state index is 13.1. The molecule has 162 valence electrons. The largest absolute Gasteiger partial charge is 0.383 e. The van der Waals surface area contributed by atoms with Crippen LogP contribution in [0.1, 0.15) is 53.8 Å². The van der Waals surface area contributed by atoms with Gasteiger partial charge in [0, 0.05) is 57.5 Å².